The number of carbonyl (C=O) groups is 1. The highest BCUT2D eigenvalue weighted by molar-refractivity contribution is 5.82. The number of benzene rings is 1. The van der Waals surface area contributed by atoms with Crippen LogP contribution in [-0.2, 0) is 20.7 Å². The third kappa shape index (κ3) is 4.29. The van der Waals surface area contributed by atoms with Gasteiger partial charge in [0, 0.05) is 19.6 Å². The van der Waals surface area contributed by atoms with E-state index in [4.69, 9.17) is 9.47 Å². The molecule has 0 atom stereocenters. The van der Waals surface area contributed by atoms with Gasteiger partial charge in [-0.2, -0.15) is 0 Å². The third-order valence-corrected chi connectivity index (χ3v) is 2.89. The summed E-state index contributed by atoms with van der Waals surface area (Å²) in [6, 6.07) is 9.77. The lowest BCUT2D eigenvalue weighted by molar-refractivity contribution is -0.127. The van der Waals surface area contributed by atoms with Gasteiger partial charge in [0.1, 0.15) is 6.61 Å². The summed E-state index contributed by atoms with van der Waals surface area (Å²) in [7, 11) is 0. The fourth-order valence-electron chi connectivity index (χ4n) is 1.93. The first-order valence-electron chi connectivity index (χ1n) is 6.09. The van der Waals surface area contributed by atoms with Gasteiger partial charge in [0.25, 0.3) is 0 Å². The standard InChI is InChI=1S/C14H18O3/c15-13(10-12-4-2-1-3-5-12)11-17-14-6-8-16-9-7-14/h1-5,14H,6-11H2. The van der Waals surface area contributed by atoms with Crippen LogP contribution in [0.15, 0.2) is 30.3 Å². The fourth-order valence-corrected chi connectivity index (χ4v) is 1.93. The van der Waals surface area contributed by atoms with Crippen molar-refractivity contribution in [3.05, 3.63) is 35.9 Å². The molecule has 1 saturated heterocycles. The van der Waals surface area contributed by atoms with E-state index in [1.807, 2.05) is 30.3 Å². The monoisotopic (exact) mass is 234 g/mol. The molecular weight excluding hydrogens is 216 g/mol. The van der Waals surface area contributed by atoms with Crippen LogP contribution in [0.5, 0.6) is 0 Å². The fraction of sp³-hybridized carbons (Fsp3) is 0.500. The molecule has 1 heterocycles. The summed E-state index contributed by atoms with van der Waals surface area (Å²) < 4.78 is 10.8. The normalized spacial score (nSPS) is 16.9. The molecule has 1 aliphatic rings. The van der Waals surface area contributed by atoms with E-state index in [9.17, 15) is 4.79 Å². The van der Waals surface area contributed by atoms with Crippen LogP contribution in [0.3, 0.4) is 0 Å². The Hall–Kier alpha value is -1.19. The highest BCUT2D eigenvalue weighted by Crippen LogP contribution is 2.10. The Morgan fingerprint density at radius 3 is 2.65 bits per heavy atom. The van der Waals surface area contributed by atoms with Crippen molar-refractivity contribution >= 4 is 5.78 Å². The van der Waals surface area contributed by atoms with Gasteiger partial charge in [0.2, 0.25) is 0 Å². The Morgan fingerprint density at radius 2 is 1.94 bits per heavy atom. The van der Waals surface area contributed by atoms with Crippen LogP contribution in [0, 0.1) is 0 Å². The van der Waals surface area contributed by atoms with Crippen LogP contribution in [0.25, 0.3) is 0 Å². The highest BCUT2D eigenvalue weighted by Gasteiger charge is 2.15. The average molecular weight is 234 g/mol. The predicted octanol–water partition coefficient (Wildman–Crippen LogP) is 1.99. The average Bonchev–Trinajstić information content (AvgIpc) is 2.39. The summed E-state index contributed by atoms with van der Waals surface area (Å²) in [6.45, 7) is 1.72. The quantitative estimate of drug-likeness (QED) is 0.781. The van der Waals surface area contributed by atoms with Crippen molar-refractivity contribution in [2.24, 2.45) is 0 Å². The first-order chi connectivity index (χ1) is 8.34. The van der Waals surface area contributed by atoms with Crippen LogP contribution in [-0.4, -0.2) is 31.7 Å². The molecule has 0 saturated carbocycles. The lowest BCUT2D eigenvalue weighted by Gasteiger charge is -2.21. The van der Waals surface area contributed by atoms with Crippen LogP contribution in [0.4, 0.5) is 0 Å². The number of ketones is 1. The first kappa shape index (κ1) is 12.3. The number of hydrogen-bond acceptors (Lipinski definition) is 3. The lowest BCUT2D eigenvalue weighted by atomic mass is 10.1. The molecule has 1 aromatic carbocycles. The minimum atomic E-state index is 0.141. The minimum Gasteiger partial charge on any atom is -0.381 e. The number of ether oxygens (including phenoxy) is 2. The number of rotatable bonds is 5. The van der Waals surface area contributed by atoms with Gasteiger partial charge in [0.05, 0.1) is 6.10 Å². The molecule has 1 aliphatic heterocycles. The molecule has 0 bridgehead atoms. The van der Waals surface area contributed by atoms with E-state index in [2.05, 4.69) is 0 Å². The topological polar surface area (TPSA) is 35.5 Å². The maximum absolute atomic E-state index is 11.7. The maximum atomic E-state index is 11.7. The van der Waals surface area contributed by atoms with Gasteiger partial charge in [-0.3, -0.25) is 4.79 Å². The van der Waals surface area contributed by atoms with Crippen molar-refractivity contribution in [2.75, 3.05) is 19.8 Å². The van der Waals surface area contributed by atoms with Gasteiger partial charge in [-0.25, -0.2) is 0 Å². The second kappa shape index (κ2) is 6.52. The van der Waals surface area contributed by atoms with Crippen LogP contribution < -0.4 is 0 Å². The molecule has 92 valence electrons. The number of hydrogen-bond donors (Lipinski definition) is 0. The van der Waals surface area contributed by atoms with Crippen LogP contribution >= 0.6 is 0 Å². The predicted molar refractivity (Wildman–Crippen MR) is 64.9 cm³/mol. The number of Topliss-reactive ketones (excluding diaryl/α,β-unsaturated/α-hetero) is 1. The van der Waals surface area contributed by atoms with E-state index in [0.29, 0.717) is 6.42 Å². The van der Waals surface area contributed by atoms with Gasteiger partial charge in [-0.05, 0) is 18.4 Å². The maximum Gasteiger partial charge on any atom is 0.162 e. The molecule has 17 heavy (non-hydrogen) atoms. The van der Waals surface area contributed by atoms with E-state index >= 15 is 0 Å². The van der Waals surface area contributed by atoms with E-state index in [1.54, 1.807) is 0 Å². The molecule has 1 fully saturated rings. The van der Waals surface area contributed by atoms with Crippen molar-refractivity contribution in [2.45, 2.75) is 25.4 Å². The van der Waals surface area contributed by atoms with Crippen molar-refractivity contribution in [1.82, 2.24) is 0 Å². The Morgan fingerprint density at radius 1 is 1.24 bits per heavy atom. The van der Waals surface area contributed by atoms with Crippen LogP contribution in [0.1, 0.15) is 18.4 Å². The summed E-state index contributed by atoms with van der Waals surface area (Å²) in [5, 5.41) is 0. The van der Waals surface area contributed by atoms with Gasteiger partial charge >= 0.3 is 0 Å². The molecule has 3 heteroatoms. The van der Waals surface area contributed by atoms with Crippen molar-refractivity contribution < 1.29 is 14.3 Å². The summed E-state index contributed by atoms with van der Waals surface area (Å²) >= 11 is 0. The van der Waals surface area contributed by atoms with Crippen molar-refractivity contribution in [3.63, 3.8) is 0 Å². The van der Waals surface area contributed by atoms with Crippen LogP contribution in [0.2, 0.25) is 0 Å². The Bertz CT molecular complexity index is 342. The molecule has 0 radical (unpaired) electrons. The Labute approximate surface area is 102 Å². The molecule has 0 aromatic heterocycles. The number of carbonyl (C=O) groups excluding carboxylic acids is 1. The molecule has 0 spiro atoms. The third-order valence-electron chi connectivity index (χ3n) is 2.89. The molecule has 3 nitrogen and oxygen atoms in total. The lowest BCUT2D eigenvalue weighted by Crippen LogP contribution is -2.26. The summed E-state index contributed by atoms with van der Waals surface area (Å²) in [6.07, 6.45) is 2.46. The summed E-state index contributed by atoms with van der Waals surface area (Å²) in [4.78, 5) is 11.7. The molecule has 2 rings (SSSR count). The van der Waals surface area contributed by atoms with E-state index in [1.165, 1.54) is 0 Å². The summed E-state index contributed by atoms with van der Waals surface area (Å²) in [5.74, 6) is 0.141. The Balaban J connectivity index is 1.70. The smallest absolute Gasteiger partial charge is 0.162 e. The van der Waals surface area contributed by atoms with Crippen molar-refractivity contribution in [3.8, 4) is 0 Å². The zero-order valence-corrected chi connectivity index (χ0v) is 9.93. The van der Waals surface area contributed by atoms with Gasteiger partial charge < -0.3 is 9.47 Å². The first-order valence-corrected chi connectivity index (χ1v) is 6.09. The largest absolute Gasteiger partial charge is 0.381 e. The van der Waals surface area contributed by atoms with Crippen molar-refractivity contribution in [1.29, 1.82) is 0 Å². The van der Waals surface area contributed by atoms with E-state index in [-0.39, 0.29) is 18.5 Å². The molecule has 0 aliphatic carbocycles. The van der Waals surface area contributed by atoms with Gasteiger partial charge in [-0.1, -0.05) is 30.3 Å². The van der Waals surface area contributed by atoms with Gasteiger partial charge in [0.15, 0.2) is 5.78 Å². The summed E-state index contributed by atoms with van der Waals surface area (Å²) in [5.41, 5.74) is 1.05. The molecule has 0 unspecified atom stereocenters. The van der Waals surface area contributed by atoms with Gasteiger partial charge in [-0.15, -0.1) is 0 Å². The Kier molecular flexibility index (Phi) is 4.71. The van der Waals surface area contributed by atoms with E-state index < -0.39 is 0 Å². The van der Waals surface area contributed by atoms with E-state index in [0.717, 1.165) is 31.6 Å². The molecular formula is C14H18O3. The zero-order valence-electron chi connectivity index (χ0n) is 9.93. The zero-order chi connectivity index (χ0) is 11.9. The molecule has 1 aromatic rings. The molecule has 0 N–H and O–H groups in total. The molecule has 0 amide bonds. The SMILES string of the molecule is O=C(COC1CCOCC1)Cc1ccccc1. The highest BCUT2D eigenvalue weighted by atomic mass is 16.5. The minimum absolute atomic E-state index is 0.141. The second-order valence-corrected chi connectivity index (χ2v) is 4.32. The second-order valence-electron chi connectivity index (χ2n) is 4.32.